The summed E-state index contributed by atoms with van der Waals surface area (Å²) in [6, 6.07) is 3.63. The molecule has 0 bridgehead atoms. The van der Waals surface area contributed by atoms with Gasteiger partial charge in [-0.15, -0.1) is 0 Å². The number of halogens is 1. The Morgan fingerprint density at radius 2 is 1.79 bits per heavy atom. The van der Waals surface area contributed by atoms with Gasteiger partial charge >= 0.3 is 0 Å². The first-order valence-electron chi connectivity index (χ1n) is 7.26. The van der Waals surface area contributed by atoms with E-state index in [1.54, 1.807) is 34.6 Å². The van der Waals surface area contributed by atoms with Gasteiger partial charge in [-0.3, -0.25) is 4.79 Å². The van der Waals surface area contributed by atoms with Crippen molar-refractivity contribution >= 4 is 21.6 Å². The van der Waals surface area contributed by atoms with Crippen molar-refractivity contribution in [1.82, 2.24) is 9.78 Å². The highest BCUT2D eigenvalue weighted by Gasteiger charge is 2.13. The second-order valence-corrected chi connectivity index (χ2v) is 5.78. The number of ether oxygens (including phenoxy) is 3. The number of hydrogen-bond donors (Lipinski definition) is 1. The van der Waals surface area contributed by atoms with Crippen LogP contribution in [0.15, 0.2) is 27.6 Å². The molecule has 0 saturated heterocycles. The third kappa shape index (κ3) is 3.81. The number of benzene rings is 1. The Kier molecular flexibility index (Phi) is 6.08. The van der Waals surface area contributed by atoms with Gasteiger partial charge in [0.05, 0.1) is 33.2 Å². The molecule has 0 aliphatic heterocycles. The smallest absolute Gasteiger partial charge is 0.282 e. The summed E-state index contributed by atoms with van der Waals surface area (Å²) in [6.45, 7) is 0.576. The molecular weight excluding hydrogens is 378 g/mol. The zero-order chi connectivity index (χ0) is 17.7. The predicted molar refractivity (Wildman–Crippen MR) is 95.5 cm³/mol. The average molecular weight is 398 g/mol. The predicted octanol–water partition coefficient (Wildman–Crippen LogP) is 2.22. The van der Waals surface area contributed by atoms with Crippen LogP contribution in [0.25, 0.3) is 0 Å². The number of hydrogen-bond acceptors (Lipinski definition) is 6. The molecular formula is C16H20BrN3O4. The molecule has 2 rings (SSSR count). The Balaban J connectivity index is 2.18. The minimum Gasteiger partial charge on any atom is -0.496 e. The monoisotopic (exact) mass is 397 g/mol. The van der Waals surface area contributed by atoms with Gasteiger partial charge in [0.15, 0.2) is 0 Å². The molecule has 2 aromatic rings. The molecule has 0 unspecified atom stereocenters. The van der Waals surface area contributed by atoms with Crippen molar-refractivity contribution in [2.45, 2.75) is 6.42 Å². The maximum Gasteiger partial charge on any atom is 0.282 e. The van der Waals surface area contributed by atoms with Crippen LogP contribution in [0.4, 0.5) is 5.69 Å². The van der Waals surface area contributed by atoms with Crippen molar-refractivity contribution in [1.29, 1.82) is 0 Å². The van der Waals surface area contributed by atoms with Gasteiger partial charge in [0.2, 0.25) is 0 Å². The molecule has 8 heteroatoms. The third-order valence-electron chi connectivity index (χ3n) is 3.59. The van der Waals surface area contributed by atoms with Gasteiger partial charge < -0.3 is 19.5 Å². The summed E-state index contributed by atoms with van der Waals surface area (Å²) < 4.78 is 17.8. The van der Waals surface area contributed by atoms with Crippen LogP contribution in [-0.2, 0) is 13.5 Å². The molecule has 0 aliphatic carbocycles. The summed E-state index contributed by atoms with van der Waals surface area (Å²) in [7, 11) is 6.40. The van der Waals surface area contributed by atoms with Crippen molar-refractivity contribution in [2.75, 3.05) is 33.2 Å². The van der Waals surface area contributed by atoms with Crippen LogP contribution in [0, 0.1) is 0 Å². The highest BCUT2D eigenvalue weighted by Crippen LogP contribution is 2.34. The number of rotatable bonds is 7. The molecule has 0 atom stereocenters. The number of aromatic nitrogens is 2. The van der Waals surface area contributed by atoms with Gasteiger partial charge in [0.25, 0.3) is 5.56 Å². The van der Waals surface area contributed by atoms with Gasteiger partial charge in [-0.1, -0.05) is 0 Å². The van der Waals surface area contributed by atoms with E-state index in [1.807, 2.05) is 12.1 Å². The van der Waals surface area contributed by atoms with Gasteiger partial charge in [-0.25, -0.2) is 4.68 Å². The maximum absolute atomic E-state index is 11.9. The van der Waals surface area contributed by atoms with E-state index in [2.05, 4.69) is 26.3 Å². The van der Waals surface area contributed by atoms with E-state index in [0.29, 0.717) is 40.4 Å². The van der Waals surface area contributed by atoms with Crippen molar-refractivity contribution in [3.8, 4) is 17.2 Å². The summed E-state index contributed by atoms with van der Waals surface area (Å²) in [5, 5.41) is 7.20. The number of anilines is 1. The maximum atomic E-state index is 11.9. The highest BCUT2D eigenvalue weighted by molar-refractivity contribution is 9.10. The molecule has 0 aliphatic rings. The zero-order valence-corrected chi connectivity index (χ0v) is 15.6. The lowest BCUT2D eigenvalue weighted by Crippen LogP contribution is -2.21. The zero-order valence-electron chi connectivity index (χ0n) is 14.1. The normalized spacial score (nSPS) is 10.4. The molecule has 0 amide bonds. The van der Waals surface area contributed by atoms with E-state index >= 15 is 0 Å². The summed E-state index contributed by atoms with van der Waals surface area (Å²) in [5.41, 5.74) is 1.37. The minimum atomic E-state index is -0.195. The molecule has 1 N–H and O–H groups in total. The molecule has 0 fully saturated rings. The summed E-state index contributed by atoms with van der Waals surface area (Å²) in [4.78, 5) is 11.9. The van der Waals surface area contributed by atoms with Crippen LogP contribution in [0.2, 0.25) is 0 Å². The van der Waals surface area contributed by atoms with E-state index in [9.17, 15) is 4.79 Å². The molecule has 130 valence electrons. The lowest BCUT2D eigenvalue weighted by Gasteiger charge is -2.16. The van der Waals surface area contributed by atoms with Gasteiger partial charge in [-0.2, -0.15) is 5.10 Å². The average Bonchev–Trinajstić information content (AvgIpc) is 2.61. The summed E-state index contributed by atoms with van der Waals surface area (Å²) in [6.07, 6.45) is 2.24. The number of nitrogens with zero attached hydrogens (tertiary/aromatic N) is 2. The van der Waals surface area contributed by atoms with Crippen LogP contribution >= 0.6 is 15.9 Å². The van der Waals surface area contributed by atoms with Crippen LogP contribution in [-0.4, -0.2) is 37.7 Å². The summed E-state index contributed by atoms with van der Waals surface area (Å²) >= 11 is 3.29. The Morgan fingerprint density at radius 3 is 2.33 bits per heavy atom. The standard InChI is InChI=1S/C16H20BrN3O4/c1-20-16(21)15(17)12(9-19-20)18-6-5-11-13(23-3)7-10(22-2)8-14(11)24-4/h7-9,18H,5-6H2,1-4H3. The van der Waals surface area contributed by atoms with Gasteiger partial charge in [-0.05, 0) is 22.4 Å². The van der Waals surface area contributed by atoms with E-state index in [1.165, 1.54) is 4.68 Å². The quantitative estimate of drug-likeness (QED) is 0.771. The fourth-order valence-electron chi connectivity index (χ4n) is 2.28. The largest absolute Gasteiger partial charge is 0.496 e. The molecule has 0 spiro atoms. The van der Waals surface area contributed by atoms with Crippen molar-refractivity contribution in [2.24, 2.45) is 7.05 Å². The fraction of sp³-hybridized carbons (Fsp3) is 0.375. The molecule has 1 heterocycles. The van der Waals surface area contributed by atoms with E-state index in [4.69, 9.17) is 14.2 Å². The molecule has 1 aromatic heterocycles. The van der Waals surface area contributed by atoms with Crippen molar-refractivity contribution in [3.63, 3.8) is 0 Å². The first kappa shape index (κ1) is 18.1. The van der Waals surface area contributed by atoms with Crippen LogP contribution in [0.1, 0.15) is 5.56 Å². The Labute approximate surface area is 148 Å². The minimum absolute atomic E-state index is 0.195. The van der Waals surface area contributed by atoms with E-state index in [-0.39, 0.29) is 5.56 Å². The highest BCUT2D eigenvalue weighted by atomic mass is 79.9. The van der Waals surface area contributed by atoms with Crippen LogP contribution in [0.3, 0.4) is 0 Å². The Morgan fingerprint density at radius 1 is 1.17 bits per heavy atom. The number of nitrogens with one attached hydrogen (secondary N) is 1. The second kappa shape index (κ2) is 8.05. The second-order valence-electron chi connectivity index (χ2n) is 4.99. The summed E-state index contributed by atoms with van der Waals surface area (Å²) in [5.74, 6) is 2.04. The van der Waals surface area contributed by atoms with E-state index in [0.717, 1.165) is 5.56 Å². The van der Waals surface area contributed by atoms with Gasteiger partial charge in [0, 0.05) is 31.3 Å². The Hall–Kier alpha value is -2.22. The fourth-order valence-corrected chi connectivity index (χ4v) is 2.78. The molecule has 7 nitrogen and oxygen atoms in total. The first-order chi connectivity index (χ1) is 11.5. The SMILES string of the molecule is COc1cc(OC)c(CCNc2cnn(C)c(=O)c2Br)c(OC)c1. The molecule has 24 heavy (non-hydrogen) atoms. The molecule has 1 aromatic carbocycles. The van der Waals surface area contributed by atoms with Crippen LogP contribution < -0.4 is 25.1 Å². The van der Waals surface area contributed by atoms with Gasteiger partial charge in [0.1, 0.15) is 21.7 Å². The third-order valence-corrected chi connectivity index (χ3v) is 4.35. The Bertz CT molecular complexity index is 751. The number of aryl methyl sites for hydroxylation is 1. The topological polar surface area (TPSA) is 74.6 Å². The number of methoxy groups -OCH3 is 3. The first-order valence-corrected chi connectivity index (χ1v) is 8.05. The van der Waals surface area contributed by atoms with Crippen molar-refractivity contribution in [3.05, 3.63) is 38.7 Å². The van der Waals surface area contributed by atoms with Crippen molar-refractivity contribution < 1.29 is 14.2 Å². The molecule has 0 radical (unpaired) electrons. The van der Waals surface area contributed by atoms with E-state index < -0.39 is 0 Å². The van der Waals surface area contributed by atoms with Crippen LogP contribution in [0.5, 0.6) is 17.2 Å². The lowest BCUT2D eigenvalue weighted by atomic mass is 10.1. The lowest BCUT2D eigenvalue weighted by molar-refractivity contribution is 0.369. The molecule has 0 saturated carbocycles.